The van der Waals surface area contributed by atoms with E-state index in [1.54, 1.807) is 31.2 Å². The minimum atomic E-state index is -0.912. The molecule has 1 amide bonds. The van der Waals surface area contributed by atoms with Crippen LogP contribution in [0.15, 0.2) is 84.9 Å². The van der Waals surface area contributed by atoms with Crippen molar-refractivity contribution in [3.05, 3.63) is 107 Å². The third-order valence-electron chi connectivity index (χ3n) is 5.95. The third-order valence-corrected chi connectivity index (χ3v) is 5.95. The van der Waals surface area contributed by atoms with Crippen molar-refractivity contribution in [2.24, 2.45) is 0 Å². The summed E-state index contributed by atoms with van der Waals surface area (Å²) in [4.78, 5) is 24.4. The van der Waals surface area contributed by atoms with Gasteiger partial charge in [-0.05, 0) is 59.7 Å². The fraction of sp³-hybridized carbons (Fsp3) is 0.172. The number of hydrogen-bond donors (Lipinski definition) is 2. The van der Waals surface area contributed by atoms with E-state index in [9.17, 15) is 14.0 Å². The first-order valence-corrected chi connectivity index (χ1v) is 11.4. The molecule has 1 unspecified atom stereocenters. The van der Waals surface area contributed by atoms with Crippen molar-refractivity contribution < 1.29 is 23.8 Å². The van der Waals surface area contributed by atoms with Gasteiger partial charge in [-0.25, -0.2) is 4.39 Å². The fourth-order valence-corrected chi connectivity index (χ4v) is 4.02. The molecule has 0 radical (unpaired) electrons. The number of fused-ring (bicyclic) bond motifs is 1. The van der Waals surface area contributed by atoms with Gasteiger partial charge in [0.2, 0.25) is 5.91 Å². The Morgan fingerprint density at radius 1 is 0.943 bits per heavy atom. The summed E-state index contributed by atoms with van der Waals surface area (Å²) in [6, 6.07) is 25.0. The predicted molar refractivity (Wildman–Crippen MR) is 134 cm³/mol. The highest BCUT2D eigenvalue weighted by atomic mass is 19.1. The summed E-state index contributed by atoms with van der Waals surface area (Å²) in [5.41, 5.74) is 2.82. The number of para-hydroxylation sites is 1. The largest absolute Gasteiger partial charge is 0.489 e. The first-order chi connectivity index (χ1) is 16.9. The summed E-state index contributed by atoms with van der Waals surface area (Å²) >= 11 is 0. The molecule has 178 valence electrons. The Kier molecular flexibility index (Phi) is 7.41. The first kappa shape index (κ1) is 24.0. The minimum Gasteiger partial charge on any atom is -0.489 e. The third kappa shape index (κ3) is 5.84. The number of halogens is 1. The SMILES string of the molecule is CC(C(=O)Nc1cc(COc2ccccc2)ccc1CCC(=O)O)c1ccc(F)c2ccccc12. The summed E-state index contributed by atoms with van der Waals surface area (Å²) < 4.78 is 20.1. The highest BCUT2D eigenvalue weighted by Crippen LogP contribution is 2.29. The molecule has 4 aromatic carbocycles. The fourth-order valence-electron chi connectivity index (χ4n) is 4.02. The predicted octanol–water partition coefficient (Wildman–Crippen LogP) is 6.32. The Morgan fingerprint density at radius 2 is 1.66 bits per heavy atom. The molecule has 4 rings (SSSR count). The van der Waals surface area contributed by atoms with Crippen molar-refractivity contribution in [3.8, 4) is 5.75 Å². The number of carbonyl (C=O) groups is 2. The van der Waals surface area contributed by atoms with Gasteiger partial charge in [-0.1, -0.05) is 60.7 Å². The second-order valence-corrected chi connectivity index (χ2v) is 8.38. The van der Waals surface area contributed by atoms with Crippen LogP contribution in [-0.2, 0) is 22.6 Å². The van der Waals surface area contributed by atoms with E-state index in [2.05, 4.69) is 5.32 Å². The number of nitrogens with one attached hydrogen (secondary N) is 1. The summed E-state index contributed by atoms with van der Waals surface area (Å²) in [6.07, 6.45) is 0.222. The van der Waals surface area contributed by atoms with Gasteiger partial charge in [-0.3, -0.25) is 9.59 Å². The molecule has 0 aliphatic rings. The van der Waals surface area contributed by atoms with E-state index in [1.165, 1.54) is 6.07 Å². The number of carbonyl (C=O) groups excluding carboxylic acids is 1. The summed E-state index contributed by atoms with van der Waals surface area (Å²) in [5.74, 6) is -1.34. The highest BCUT2D eigenvalue weighted by molar-refractivity contribution is 5.99. The molecule has 0 aromatic heterocycles. The number of aliphatic carboxylic acids is 1. The van der Waals surface area contributed by atoms with Crippen molar-refractivity contribution >= 4 is 28.3 Å². The van der Waals surface area contributed by atoms with Crippen molar-refractivity contribution in [1.29, 1.82) is 0 Å². The quantitative estimate of drug-likeness (QED) is 0.300. The van der Waals surface area contributed by atoms with Crippen LogP contribution in [0.3, 0.4) is 0 Å². The molecule has 2 N–H and O–H groups in total. The van der Waals surface area contributed by atoms with Gasteiger partial charge >= 0.3 is 5.97 Å². The van der Waals surface area contributed by atoms with E-state index in [1.807, 2.05) is 54.6 Å². The lowest BCUT2D eigenvalue weighted by Gasteiger charge is -2.18. The van der Waals surface area contributed by atoms with E-state index in [4.69, 9.17) is 9.84 Å². The molecule has 6 heteroatoms. The number of carboxylic acid groups (broad SMARTS) is 1. The molecule has 0 bridgehead atoms. The average Bonchev–Trinajstić information content (AvgIpc) is 2.87. The number of aryl methyl sites for hydroxylation is 1. The Morgan fingerprint density at radius 3 is 2.40 bits per heavy atom. The van der Waals surface area contributed by atoms with Crippen molar-refractivity contribution in [2.75, 3.05) is 5.32 Å². The van der Waals surface area contributed by atoms with E-state index in [0.29, 0.717) is 23.1 Å². The highest BCUT2D eigenvalue weighted by Gasteiger charge is 2.20. The molecule has 0 spiro atoms. The number of carboxylic acids is 1. The number of hydrogen-bond acceptors (Lipinski definition) is 3. The zero-order chi connectivity index (χ0) is 24.8. The van der Waals surface area contributed by atoms with Gasteiger partial charge < -0.3 is 15.2 Å². The Bertz CT molecular complexity index is 1350. The molecule has 35 heavy (non-hydrogen) atoms. The number of benzene rings is 4. The topological polar surface area (TPSA) is 75.6 Å². The van der Waals surface area contributed by atoms with Gasteiger partial charge in [0.1, 0.15) is 18.2 Å². The van der Waals surface area contributed by atoms with Gasteiger partial charge in [-0.2, -0.15) is 0 Å². The molecular formula is C29H26FNO4. The van der Waals surface area contributed by atoms with Crippen LogP contribution >= 0.6 is 0 Å². The van der Waals surface area contributed by atoms with Crippen LogP contribution in [-0.4, -0.2) is 17.0 Å². The lowest BCUT2D eigenvalue weighted by molar-refractivity contribution is -0.137. The molecule has 5 nitrogen and oxygen atoms in total. The summed E-state index contributed by atoms with van der Waals surface area (Å²) in [6.45, 7) is 2.07. The van der Waals surface area contributed by atoms with Crippen LogP contribution in [0.25, 0.3) is 10.8 Å². The maximum absolute atomic E-state index is 14.3. The lowest BCUT2D eigenvalue weighted by Crippen LogP contribution is -2.20. The van der Waals surface area contributed by atoms with Gasteiger partial charge in [0, 0.05) is 17.5 Å². The Hall–Kier alpha value is -4.19. The van der Waals surface area contributed by atoms with Gasteiger partial charge in [0.25, 0.3) is 0 Å². The Balaban J connectivity index is 1.58. The number of ether oxygens (including phenoxy) is 1. The van der Waals surface area contributed by atoms with Gasteiger partial charge in [0.15, 0.2) is 0 Å². The monoisotopic (exact) mass is 471 g/mol. The normalized spacial score (nSPS) is 11.7. The van der Waals surface area contributed by atoms with Gasteiger partial charge in [0.05, 0.1) is 5.92 Å². The minimum absolute atomic E-state index is 0.0547. The molecule has 0 aliphatic heterocycles. The zero-order valence-corrected chi connectivity index (χ0v) is 19.3. The first-order valence-electron chi connectivity index (χ1n) is 11.4. The standard InChI is InChI=1S/C29H26FNO4/c1-19(23-14-15-26(30)25-10-6-5-9-24(23)25)29(34)31-27-17-20(11-12-21(27)13-16-28(32)33)18-35-22-7-3-2-4-8-22/h2-12,14-15,17,19H,13,16,18H2,1H3,(H,31,34)(H,32,33). The van der Waals surface area contributed by atoms with Crippen LogP contribution in [0, 0.1) is 5.82 Å². The van der Waals surface area contributed by atoms with Crippen molar-refractivity contribution in [3.63, 3.8) is 0 Å². The summed E-state index contributed by atoms with van der Waals surface area (Å²) in [5, 5.41) is 13.3. The molecule has 4 aromatic rings. The second-order valence-electron chi connectivity index (χ2n) is 8.38. The van der Waals surface area contributed by atoms with Crippen molar-refractivity contribution in [1.82, 2.24) is 0 Å². The van der Waals surface area contributed by atoms with Crippen LogP contribution in [0.2, 0.25) is 0 Å². The lowest BCUT2D eigenvalue weighted by atomic mass is 9.93. The Labute approximate surface area is 203 Å². The smallest absolute Gasteiger partial charge is 0.303 e. The molecule has 1 atom stereocenters. The van der Waals surface area contributed by atoms with Gasteiger partial charge in [-0.15, -0.1) is 0 Å². The average molecular weight is 472 g/mol. The second kappa shape index (κ2) is 10.8. The molecule has 0 saturated carbocycles. The van der Waals surface area contributed by atoms with Crippen LogP contribution in [0.4, 0.5) is 10.1 Å². The van der Waals surface area contributed by atoms with E-state index in [0.717, 1.165) is 22.4 Å². The molecule has 0 fully saturated rings. The maximum Gasteiger partial charge on any atom is 0.303 e. The van der Waals surface area contributed by atoms with E-state index >= 15 is 0 Å². The van der Waals surface area contributed by atoms with Crippen LogP contribution < -0.4 is 10.1 Å². The maximum atomic E-state index is 14.3. The van der Waals surface area contributed by atoms with Crippen LogP contribution in [0.5, 0.6) is 5.75 Å². The molecule has 0 heterocycles. The van der Waals surface area contributed by atoms with E-state index < -0.39 is 11.9 Å². The van der Waals surface area contributed by atoms with E-state index in [-0.39, 0.29) is 24.6 Å². The molecular weight excluding hydrogens is 445 g/mol. The summed E-state index contributed by atoms with van der Waals surface area (Å²) in [7, 11) is 0. The number of amides is 1. The van der Waals surface area contributed by atoms with Crippen LogP contribution in [0.1, 0.15) is 36.0 Å². The number of anilines is 1. The van der Waals surface area contributed by atoms with Crippen molar-refractivity contribution in [2.45, 2.75) is 32.3 Å². The molecule has 0 aliphatic carbocycles. The number of rotatable bonds is 9. The zero-order valence-electron chi connectivity index (χ0n) is 19.3. The molecule has 0 saturated heterocycles.